The molecule has 0 saturated heterocycles. The smallest absolute Gasteiger partial charge is 0.284 e. The van der Waals surface area contributed by atoms with E-state index < -0.39 is 5.91 Å². The molecule has 0 aliphatic heterocycles. The maximum atomic E-state index is 11.4. The summed E-state index contributed by atoms with van der Waals surface area (Å²) >= 11 is 1.04. The van der Waals surface area contributed by atoms with Crippen LogP contribution in [0.4, 0.5) is 0 Å². The summed E-state index contributed by atoms with van der Waals surface area (Å²) in [4.78, 5) is 23.2. The highest BCUT2D eigenvalue weighted by Crippen LogP contribution is 2.15. The van der Waals surface area contributed by atoms with Gasteiger partial charge in [-0.2, -0.15) is 0 Å². The number of carbonyl (C=O) groups is 2. The van der Waals surface area contributed by atoms with E-state index in [1.165, 1.54) is 11.5 Å². The topological polar surface area (TPSA) is 78.4 Å². The van der Waals surface area contributed by atoms with Crippen molar-refractivity contribution in [2.75, 3.05) is 6.54 Å². The van der Waals surface area contributed by atoms with Crippen LogP contribution in [0.3, 0.4) is 0 Å². The Labute approximate surface area is 91.1 Å². The standard InChI is InChI=1S/C9H12N2O3S/c1-2-5-10-8(12)6-3-4-7(15-6)9(13)11-14/h3-4,14H,2,5H2,1H3,(H,10,12)(H,11,13). The summed E-state index contributed by atoms with van der Waals surface area (Å²) in [5, 5.41) is 11.1. The van der Waals surface area contributed by atoms with Crippen molar-refractivity contribution >= 4 is 23.2 Å². The van der Waals surface area contributed by atoms with Crippen LogP contribution < -0.4 is 10.8 Å². The van der Waals surface area contributed by atoms with E-state index in [1.807, 2.05) is 6.92 Å². The van der Waals surface area contributed by atoms with Crippen LogP contribution in [0.25, 0.3) is 0 Å². The highest BCUT2D eigenvalue weighted by Gasteiger charge is 2.12. The van der Waals surface area contributed by atoms with Crippen molar-refractivity contribution < 1.29 is 14.8 Å². The Morgan fingerprint density at radius 3 is 2.47 bits per heavy atom. The second-order valence-corrected chi connectivity index (χ2v) is 3.94. The van der Waals surface area contributed by atoms with Crippen LogP contribution in [0.5, 0.6) is 0 Å². The molecule has 82 valence electrons. The van der Waals surface area contributed by atoms with Gasteiger partial charge in [-0.25, -0.2) is 5.48 Å². The molecule has 0 saturated carbocycles. The molecule has 0 fully saturated rings. The van der Waals surface area contributed by atoms with E-state index in [4.69, 9.17) is 5.21 Å². The molecule has 1 heterocycles. The Kier molecular flexibility index (Phi) is 4.26. The highest BCUT2D eigenvalue weighted by molar-refractivity contribution is 7.15. The van der Waals surface area contributed by atoms with E-state index in [0.717, 1.165) is 17.8 Å². The zero-order valence-electron chi connectivity index (χ0n) is 8.24. The molecule has 1 rings (SSSR count). The summed E-state index contributed by atoms with van der Waals surface area (Å²) < 4.78 is 0. The van der Waals surface area contributed by atoms with Gasteiger partial charge in [-0.05, 0) is 18.6 Å². The molecule has 0 bridgehead atoms. The Bertz CT molecular complexity index is 362. The highest BCUT2D eigenvalue weighted by atomic mass is 32.1. The SMILES string of the molecule is CCCNC(=O)c1ccc(C(=O)NO)s1. The normalized spacial score (nSPS) is 9.73. The lowest BCUT2D eigenvalue weighted by atomic mass is 10.4. The van der Waals surface area contributed by atoms with Crippen molar-refractivity contribution in [2.45, 2.75) is 13.3 Å². The minimum Gasteiger partial charge on any atom is -0.351 e. The molecular formula is C9H12N2O3S. The minimum absolute atomic E-state index is 0.196. The summed E-state index contributed by atoms with van der Waals surface area (Å²) in [6.45, 7) is 2.57. The Hall–Kier alpha value is -1.40. The van der Waals surface area contributed by atoms with Gasteiger partial charge in [0, 0.05) is 6.54 Å². The van der Waals surface area contributed by atoms with Crippen molar-refractivity contribution in [1.82, 2.24) is 10.8 Å². The monoisotopic (exact) mass is 228 g/mol. The average Bonchev–Trinajstić information content (AvgIpc) is 2.74. The zero-order valence-corrected chi connectivity index (χ0v) is 9.06. The van der Waals surface area contributed by atoms with Gasteiger partial charge in [0.05, 0.1) is 9.75 Å². The maximum Gasteiger partial charge on any atom is 0.284 e. The number of amides is 2. The molecule has 15 heavy (non-hydrogen) atoms. The van der Waals surface area contributed by atoms with E-state index in [1.54, 1.807) is 6.07 Å². The van der Waals surface area contributed by atoms with Gasteiger partial charge in [-0.3, -0.25) is 14.8 Å². The fraction of sp³-hybridized carbons (Fsp3) is 0.333. The summed E-state index contributed by atoms with van der Waals surface area (Å²) in [7, 11) is 0. The number of hydroxylamine groups is 1. The Morgan fingerprint density at radius 2 is 1.93 bits per heavy atom. The molecule has 0 aliphatic carbocycles. The van der Waals surface area contributed by atoms with Crippen LogP contribution in [-0.2, 0) is 0 Å². The molecule has 0 unspecified atom stereocenters. The molecule has 2 amide bonds. The molecule has 3 N–H and O–H groups in total. The van der Waals surface area contributed by atoms with Crippen LogP contribution in [0, 0.1) is 0 Å². The first-order valence-corrected chi connectivity index (χ1v) is 5.33. The number of carbonyl (C=O) groups excluding carboxylic acids is 2. The lowest BCUT2D eigenvalue weighted by molar-refractivity contribution is 0.0711. The van der Waals surface area contributed by atoms with Gasteiger partial charge in [0.1, 0.15) is 0 Å². The van der Waals surface area contributed by atoms with Gasteiger partial charge < -0.3 is 5.32 Å². The molecule has 1 aromatic rings. The van der Waals surface area contributed by atoms with Gasteiger partial charge in [-0.1, -0.05) is 6.92 Å². The third-order valence-corrected chi connectivity index (χ3v) is 2.77. The molecule has 0 atom stereocenters. The summed E-state index contributed by atoms with van der Waals surface area (Å²) in [6.07, 6.45) is 0.862. The molecule has 0 aliphatic rings. The van der Waals surface area contributed by atoms with Crippen LogP contribution in [0.15, 0.2) is 12.1 Å². The second kappa shape index (κ2) is 5.47. The number of hydrogen-bond acceptors (Lipinski definition) is 4. The number of nitrogens with one attached hydrogen (secondary N) is 2. The number of hydrogen-bond donors (Lipinski definition) is 3. The van der Waals surface area contributed by atoms with Crippen molar-refractivity contribution in [3.63, 3.8) is 0 Å². The van der Waals surface area contributed by atoms with E-state index >= 15 is 0 Å². The van der Waals surface area contributed by atoms with Crippen molar-refractivity contribution in [1.29, 1.82) is 0 Å². The quantitative estimate of drug-likeness (QED) is 0.531. The van der Waals surface area contributed by atoms with Gasteiger partial charge >= 0.3 is 0 Å². The van der Waals surface area contributed by atoms with E-state index in [0.29, 0.717) is 16.3 Å². The molecule has 0 aromatic carbocycles. The lowest BCUT2D eigenvalue weighted by Crippen LogP contribution is -2.23. The van der Waals surface area contributed by atoms with Crippen molar-refractivity contribution in [3.8, 4) is 0 Å². The molecule has 5 nitrogen and oxygen atoms in total. The van der Waals surface area contributed by atoms with Crippen LogP contribution in [0.2, 0.25) is 0 Å². The van der Waals surface area contributed by atoms with Crippen molar-refractivity contribution in [3.05, 3.63) is 21.9 Å². The first-order valence-electron chi connectivity index (χ1n) is 4.51. The summed E-state index contributed by atoms with van der Waals surface area (Å²) in [5.41, 5.74) is 1.52. The van der Waals surface area contributed by atoms with Crippen LogP contribution >= 0.6 is 11.3 Å². The summed E-state index contributed by atoms with van der Waals surface area (Å²) in [5.74, 6) is -0.798. The van der Waals surface area contributed by atoms with E-state index in [-0.39, 0.29) is 5.91 Å². The largest absolute Gasteiger partial charge is 0.351 e. The third kappa shape index (κ3) is 3.03. The summed E-state index contributed by atoms with van der Waals surface area (Å²) in [6, 6.07) is 3.05. The van der Waals surface area contributed by atoms with Gasteiger partial charge in [-0.15, -0.1) is 11.3 Å². The third-order valence-electron chi connectivity index (χ3n) is 1.69. The van der Waals surface area contributed by atoms with Gasteiger partial charge in [0.2, 0.25) is 0 Å². The van der Waals surface area contributed by atoms with Crippen molar-refractivity contribution in [2.24, 2.45) is 0 Å². The molecule has 0 spiro atoms. The Morgan fingerprint density at radius 1 is 1.33 bits per heavy atom. The number of thiophene rings is 1. The molecule has 1 aromatic heterocycles. The minimum atomic E-state index is -0.602. The van der Waals surface area contributed by atoms with Gasteiger partial charge in [0.25, 0.3) is 11.8 Å². The first kappa shape index (κ1) is 11.7. The molecule has 0 radical (unpaired) electrons. The Balaban J connectivity index is 2.67. The molecule has 6 heteroatoms. The van der Waals surface area contributed by atoms with E-state index in [2.05, 4.69) is 5.32 Å². The van der Waals surface area contributed by atoms with Crippen LogP contribution in [-0.4, -0.2) is 23.6 Å². The fourth-order valence-corrected chi connectivity index (χ4v) is 1.77. The average molecular weight is 228 g/mol. The maximum absolute atomic E-state index is 11.4. The fourth-order valence-electron chi connectivity index (χ4n) is 0.963. The number of rotatable bonds is 4. The zero-order chi connectivity index (χ0) is 11.3. The second-order valence-electron chi connectivity index (χ2n) is 2.86. The van der Waals surface area contributed by atoms with E-state index in [9.17, 15) is 9.59 Å². The predicted molar refractivity (Wildman–Crippen MR) is 56.2 cm³/mol. The van der Waals surface area contributed by atoms with Crippen LogP contribution in [0.1, 0.15) is 32.7 Å². The predicted octanol–water partition coefficient (Wildman–Crippen LogP) is 1.01. The van der Waals surface area contributed by atoms with Gasteiger partial charge in [0.15, 0.2) is 0 Å². The first-order chi connectivity index (χ1) is 7.19. The lowest BCUT2D eigenvalue weighted by Gasteiger charge is -1.99. The molecular weight excluding hydrogens is 216 g/mol.